The van der Waals surface area contributed by atoms with Crippen molar-refractivity contribution in [2.45, 2.75) is 70.3 Å². The highest BCUT2D eigenvalue weighted by Crippen LogP contribution is 2.29. The second kappa shape index (κ2) is 7.37. The molecule has 1 amide bonds. The van der Waals surface area contributed by atoms with E-state index in [0.29, 0.717) is 23.7 Å². The van der Waals surface area contributed by atoms with Gasteiger partial charge in [-0.15, -0.1) is 11.6 Å². The van der Waals surface area contributed by atoms with Gasteiger partial charge in [0.05, 0.1) is 0 Å². The summed E-state index contributed by atoms with van der Waals surface area (Å²) in [6, 6.07) is 0.478. The largest absolute Gasteiger partial charge is 0.339 e. The van der Waals surface area contributed by atoms with Gasteiger partial charge in [0, 0.05) is 24.9 Å². The Morgan fingerprint density at radius 2 is 1.61 bits per heavy atom. The second-order valence-electron chi connectivity index (χ2n) is 5.92. The molecular weight excluding hydrogens is 246 g/mol. The fourth-order valence-electron chi connectivity index (χ4n) is 3.57. The Hall–Kier alpha value is -0.240. The van der Waals surface area contributed by atoms with E-state index < -0.39 is 0 Å². The molecule has 2 saturated carbocycles. The molecule has 0 N–H and O–H groups in total. The quantitative estimate of drug-likeness (QED) is 0.693. The number of alkyl halides is 1. The Morgan fingerprint density at radius 3 is 2.22 bits per heavy atom. The molecular formula is C15H26ClNO. The number of rotatable bonds is 5. The molecule has 104 valence electrons. The van der Waals surface area contributed by atoms with Crippen LogP contribution in [-0.4, -0.2) is 29.3 Å². The van der Waals surface area contributed by atoms with E-state index in [1.165, 1.54) is 57.8 Å². The van der Waals surface area contributed by atoms with E-state index in [1.807, 2.05) is 0 Å². The van der Waals surface area contributed by atoms with Gasteiger partial charge < -0.3 is 4.90 Å². The van der Waals surface area contributed by atoms with Gasteiger partial charge in [0.15, 0.2) is 0 Å². The number of carbonyl (C=O) groups is 1. The topological polar surface area (TPSA) is 20.3 Å². The highest BCUT2D eigenvalue weighted by molar-refractivity contribution is 6.18. The minimum atomic E-state index is 0.370. The summed E-state index contributed by atoms with van der Waals surface area (Å²) in [7, 11) is 0. The molecule has 0 heterocycles. The van der Waals surface area contributed by atoms with Crippen LogP contribution < -0.4 is 0 Å². The predicted octanol–water partition coefficient (Wildman–Crippen LogP) is 3.97. The van der Waals surface area contributed by atoms with Crippen LogP contribution in [-0.2, 0) is 4.79 Å². The zero-order valence-corrected chi connectivity index (χ0v) is 12.1. The zero-order chi connectivity index (χ0) is 12.8. The van der Waals surface area contributed by atoms with Gasteiger partial charge in [-0.05, 0) is 31.6 Å². The van der Waals surface area contributed by atoms with Crippen molar-refractivity contribution >= 4 is 17.5 Å². The molecule has 0 bridgehead atoms. The van der Waals surface area contributed by atoms with E-state index >= 15 is 0 Å². The third-order valence-electron chi connectivity index (χ3n) is 4.60. The van der Waals surface area contributed by atoms with E-state index in [1.54, 1.807) is 0 Å². The molecule has 18 heavy (non-hydrogen) atoms. The molecule has 0 aliphatic heterocycles. The van der Waals surface area contributed by atoms with Crippen LogP contribution >= 0.6 is 11.6 Å². The van der Waals surface area contributed by atoms with Gasteiger partial charge in [0.1, 0.15) is 0 Å². The van der Waals surface area contributed by atoms with Crippen molar-refractivity contribution in [2.24, 2.45) is 5.92 Å². The van der Waals surface area contributed by atoms with Crippen LogP contribution in [0.3, 0.4) is 0 Å². The molecule has 0 saturated heterocycles. The lowest BCUT2D eigenvalue weighted by Gasteiger charge is -2.34. The van der Waals surface area contributed by atoms with Crippen molar-refractivity contribution in [3.8, 4) is 0 Å². The molecule has 0 unspecified atom stereocenters. The fraction of sp³-hybridized carbons (Fsp3) is 0.933. The summed E-state index contributed by atoms with van der Waals surface area (Å²) in [6.07, 6.45) is 12.2. The van der Waals surface area contributed by atoms with Crippen LogP contribution in [0.4, 0.5) is 0 Å². The first-order chi connectivity index (χ1) is 8.81. The van der Waals surface area contributed by atoms with Gasteiger partial charge in [-0.2, -0.15) is 0 Å². The Labute approximate surface area is 116 Å². The van der Waals surface area contributed by atoms with Crippen LogP contribution in [0.5, 0.6) is 0 Å². The van der Waals surface area contributed by atoms with Crippen molar-refractivity contribution < 1.29 is 4.79 Å². The van der Waals surface area contributed by atoms with Crippen LogP contribution in [0.15, 0.2) is 0 Å². The van der Waals surface area contributed by atoms with Crippen LogP contribution in [0.2, 0.25) is 0 Å². The van der Waals surface area contributed by atoms with E-state index in [9.17, 15) is 4.79 Å². The summed E-state index contributed by atoms with van der Waals surface area (Å²) in [6.45, 7) is 0.748. The molecule has 0 aromatic heterocycles. The summed E-state index contributed by atoms with van der Waals surface area (Å²) in [5.74, 6) is 1.60. The molecule has 0 radical (unpaired) electrons. The molecule has 0 aromatic carbocycles. The van der Waals surface area contributed by atoms with Crippen molar-refractivity contribution in [1.82, 2.24) is 4.90 Å². The van der Waals surface area contributed by atoms with Gasteiger partial charge >= 0.3 is 0 Å². The maximum absolute atomic E-state index is 12.5. The monoisotopic (exact) mass is 271 g/mol. The number of hydrogen-bond donors (Lipinski definition) is 0. The normalized spacial score (nSPS) is 22.3. The lowest BCUT2D eigenvalue weighted by Crippen LogP contribution is -2.43. The zero-order valence-electron chi connectivity index (χ0n) is 11.4. The van der Waals surface area contributed by atoms with E-state index in [-0.39, 0.29) is 0 Å². The number of hydrogen-bond acceptors (Lipinski definition) is 1. The lowest BCUT2D eigenvalue weighted by atomic mass is 9.93. The lowest BCUT2D eigenvalue weighted by molar-refractivity contribution is -0.134. The average Bonchev–Trinajstić information content (AvgIpc) is 2.89. The first-order valence-electron chi connectivity index (χ1n) is 7.66. The summed E-state index contributed by atoms with van der Waals surface area (Å²) in [5, 5.41) is 0. The average molecular weight is 272 g/mol. The minimum absolute atomic E-state index is 0.370. The first kappa shape index (κ1) is 14.2. The molecule has 3 heteroatoms. The predicted molar refractivity (Wildman–Crippen MR) is 75.9 cm³/mol. The summed E-state index contributed by atoms with van der Waals surface area (Å²) in [5.41, 5.74) is 0. The molecule has 0 spiro atoms. The molecule has 2 nitrogen and oxygen atoms in total. The Bertz CT molecular complexity index is 257. The maximum Gasteiger partial charge on any atom is 0.223 e. The number of nitrogens with zero attached hydrogens (tertiary/aromatic N) is 1. The van der Waals surface area contributed by atoms with E-state index in [0.717, 1.165) is 13.0 Å². The SMILES string of the molecule is O=C(CC1CCCC1)N(CCCl)C1CCCCC1. The van der Waals surface area contributed by atoms with Gasteiger partial charge in [0.25, 0.3) is 0 Å². The maximum atomic E-state index is 12.5. The molecule has 0 aromatic rings. The Balaban J connectivity index is 1.87. The van der Waals surface area contributed by atoms with Gasteiger partial charge in [0.2, 0.25) is 5.91 Å². The van der Waals surface area contributed by atoms with E-state index in [4.69, 9.17) is 11.6 Å². The van der Waals surface area contributed by atoms with Crippen molar-refractivity contribution in [1.29, 1.82) is 0 Å². The van der Waals surface area contributed by atoms with Crippen LogP contribution in [0, 0.1) is 5.92 Å². The van der Waals surface area contributed by atoms with E-state index in [2.05, 4.69) is 4.90 Å². The summed E-state index contributed by atoms with van der Waals surface area (Å²) in [4.78, 5) is 14.6. The Morgan fingerprint density at radius 1 is 1.00 bits per heavy atom. The molecule has 0 atom stereocenters. The number of halogens is 1. The van der Waals surface area contributed by atoms with Crippen molar-refractivity contribution in [2.75, 3.05) is 12.4 Å². The Kier molecular flexibility index (Phi) is 5.81. The highest BCUT2D eigenvalue weighted by atomic mass is 35.5. The smallest absolute Gasteiger partial charge is 0.223 e. The fourth-order valence-corrected chi connectivity index (χ4v) is 3.76. The highest BCUT2D eigenvalue weighted by Gasteiger charge is 2.27. The second-order valence-corrected chi connectivity index (χ2v) is 6.30. The van der Waals surface area contributed by atoms with Crippen LogP contribution in [0.1, 0.15) is 64.2 Å². The number of carbonyl (C=O) groups excluding carboxylic acids is 1. The molecule has 2 fully saturated rings. The summed E-state index contributed by atoms with van der Waals surface area (Å²) < 4.78 is 0. The van der Waals surface area contributed by atoms with Crippen molar-refractivity contribution in [3.63, 3.8) is 0 Å². The minimum Gasteiger partial charge on any atom is -0.339 e. The molecule has 2 aliphatic carbocycles. The first-order valence-corrected chi connectivity index (χ1v) is 8.20. The third-order valence-corrected chi connectivity index (χ3v) is 4.77. The summed E-state index contributed by atoms with van der Waals surface area (Å²) >= 11 is 5.88. The molecule has 2 aliphatic rings. The van der Waals surface area contributed by atoms with Gasteiger partial charge in [-0.25, -0.2) is 0 Å². The molecule has 2 rings (SSSR count). The van der Waals surface area contributed by atoms with Crippen LogP contribution in [0.25, 0.3) is 0 Å². The van der Waals surface area contributed by atoms with Gasteiger partial charge in [-0.1, -0.05) is 32.1 Å². The third kappa shape index (κ3) is 3.88. The van der Waals surface area contributed by atoms with Gasteiger partial charge in [-0.3, -0.25) is 4.79 Å². The van der Waals surface area contributed by atoms with Crippen molar-refractivity contribution in [3.05, 3.63) is 0 Å². The standard InChI is InChI=1S/C15H26ClNO/c16-10-11-17(14-8-2-1-3-9-14)15(18)12-13-6-4-5-7-13/h13-14H,1-12H2. The number of amides is 1.